The van der Waals surface area contributed by atoms with Crippen LogP contribution in [-0.4, -0.2) is 51.5 Å². The summed E-state index contributed by atoms with van der Waals surface area (Å²) in [5.74, 6) is 1.05. The average molecular weight is 608 g/mol. The smallest absolute Gasteiger partial charge is 0.344 e. The second-order valence-electron chi connectivity index (χ2n) is 10.6. The van der Waals surface area contributed by atoms with Crippen molar-refractivity contribution in [2.45, 2.75) is 45.7 Å². The molecule has 0 aliphatic carbocycles. The summed E-state index contributed by atoms with van der Waals surface area (Å²) in [6.45, 7) is 6.03. The standard InChI is InChI=1S/C33H38ClN3O6/c1-6-42-30(39)20-43-27-14-10-7-11-23(27)19-33(35-24-12-8-9-13-25(24)36-33)21-37(29(38)18-15-22(2)3)26-16-17-28(40-4)32(41-5)31(26)34/h7-14,16-17,22H,6,15,18-21H2,1-5H3. The van der Waals surface area contributed by atoms with Gasteiger partial charge in [0.25, 0.3) is 0 Å². The molecule has 0 saturated carbocycles. The van der Waals surface area contributed by atoms with Crippen molar-refractivity contribution in [3.63, 3.8) is 0 Å². The Bertz CT molecular complexity index is 1540. The number of rotatable bonds is 14. The van der Waals surface area contributed by atoms with Gasteiger partial charge in [-0.2, -0.15) is 0 Å². The fourth-order valence-electron chi connectivity index (χ4n) is 4.96. The van der Waals surface area contributed by atoms with Crippen molar-refractivity contribution >= 4 is 29.2 Å². The number of hydrogen-bond donors (Lipinski definition) is 0. The zero-order chi connectivity index (χ0) is 31.0. The van der Waals surface area contributed by atoms with Crippen molar-refractivity contribution in [2.24, 2.45) is 15.9 Å². The molecule has 0 bridgehead atoms. The van der Waals surface area contributed by atoms with Gasteiger partial charge in [-0.3, -0.25) is 14.8 Å². The minimum absolute atomic E-state index is 0.0972. The Morgan fingerprint density at radius 1 is 0.930 bits per heavy atom. The summed E-state index contributed by atoms with van der Waals surface area (Å²) in [6.07, 6.45) is 1.30. The van der Waals surface area contributed by atoms with Crippen LogP contribution in [0.15, 0.2) is 70.6 Å². The monoisotopic (exact) mass is 607 g/mol. The van der Waals surface area contributed by atoms with Crippen LogP contribution in [0, 0.1) is 5.92 Å². The van der Waals surface area contributed by atoms with Crippen LogP contribution >= 0.6 is 11.6 Å². The van der Waals surface area contributed by atoms with Crippen LogP contribution in [0.1, 0.15) is 39.2 Å². The lowest BCUT2D eigenvalue weighted by atomic mass is 9.98. The molecule has 43 heavy (non-hydrogen) atoms. The maximum Gasteiger partial charge on any atom is 0.344 e. The van der Waals surface area contributed by atoms with Crippen molar-refractivity contribution in [3.05, 3.63) is 82.0 Å². The minimum Gasteiger partial charge on any atom is -0.493 e. The third-order valence-electron chi connectivity index (χ3n) is 7.04. The molecule has 1 heterocycles. The molecule has 0 saturated heterocycles. The predicted octanol–water partition coefficient (Wildman–Crippen LogP) is 4.96. The van der Waals surface area contributed by atoms with Crippen molar-refractivity contribution in [3.8, 4) is 17.2 Å². The molecule has 1 aliphatic heterocycles. The average Bonchev–Trinajstić information content (AvgIpc) is 3.36. The number of carbonyl (C=O) groups is 2. The van der Waals surface area contributed by atoms with E-state index in [1.807, 2.05) is 42.5 Å². The maximum absolute atomic E-state index is 14.0. The Morgan fingerprint density at radius 2 is 1.60 bits per heavy atom. The number of carbonyl (C=O) groups excluding carboxylic acids is 2. The molecule has 0 spiro atoms. The molecule has 3 aromatic rings. The molecule has 0 unspecified atom stereocenters. The molecule has 3 aromatic carbocycles. The Morgan fingerprint density at radius 3 is 2.23 bits per heavy atom. The molecular weight excluding hydrogens is 570 g/mol. The van der Waals surface area contributed by atoms with E-state index in [2.05, 4.69) is 13.8 Å². The van der Waals surface area contributed by atoms with Gasteiger partial charge in [0.1, 0.15) is 10.8 Å². The van der Waals surface area contributed by atoms with E-state index in [1.54, 1.807) is 30.0 Å². The van der Waals surface area contributed by atoms with E-state index < -0.39 is 11.6 Å². The van der Waals surface area contributed by atoms with Gasteiger partial charge in [-0.1, -0.05) is 55.8 Å². The number of halogens is 1. The summed E-state index contributed by atoms with van der Waals surface area (Å²) in [7, 11) is 3.04. The highest BCUT2D eigenvalue weighted by molar-refractivity contribution is 6.35. The van der Waals surface area contributed by atoms with Crippen LogP contribution in [0.4, 0.5) is 5.69 Å². The second-order valence-corrected chi connectivity index (χ2v) is 11.0. The van der Waals surface area contributed by atoms with Gasteiger partial charge in [-0.05, 0) is 55.2 Å². The fourth-order valence-corrected chi connectivity index (χ4v) is 5.30. The van der Waals surface area contributed by atoms with Crippen LogP contribution < -0.4 is 29.8 Å². The van der Waals surface area contributed by atoms with Crippen LogP contribution in [0.25, 0.3) is 0 Å². The SMILES string of the molecule is CCOC(=O)COc1ccccc1CC1(CN(C(=O)CCC(C)C)c2ccc(OC)c(OC)c2Cl)N=c2ccccc2=N1. The van der Waals surface area contributed by atoms with Crippen molar-refractivity contribution < 1.29 is 28.5 Å². The van der Waals surface area contributed by atoms with Gasteiger partial charge in [0.15, 0.2) is 23.8 Å². The van der Waals surface area contributed by atoms with Gasteiger partial charge in [0, 0.05) is 12.8 Å². The van der Waals surface area contributed by atoms with Gasteiger partial charge in [-0.15, -0.1) is 0 Å². The third kappa shape index (κ3) is 7.65. The first-order valence-electron chi connectivity index (χ1n) is 14.3. The first-order chi connectivity index (χ1) is 20.7. The summed E-state index contributed by atoms with van der Waals surface area (Å²) in [5.41, 5.74) is 0.137. The summed E-state index contributed by atoms with van der Waals surface area (Å²) >= 11 is 6.87. The topological polar surface area (TPSA) is 99.0 Å². The third-order valence-corrected chi connectivity index (χ3v) is 7.40. The van der Waals surface area contributed by atoms with E-state index in [-0.39, 0.29) is 30.7 Å². The highest BCUT2D eigenvalue weighted by Gasteiger charge is 2.38. The molecular formula is C33H38ClN3O6. The van der Waals surface area contributed by atoms with Crippen LogP contribution in [0.5, 0.6) is 17.2 Å². The molecule has 10 heteroatoms. The molecule has 1 aliphatic rings. The van der Waals surface area contributed by atoms with E-state index in [0.29, 0.717) is 48.1 Å². The number of fused-ring (bicyclic) bond motifs is 1. The van der Waals surface area contributed by atoms with Gasteiger partial charge in [0.2, 0.25) is 5.91 Å². The Labute approximate surface area is 257 Å². The summed E-state index contributed by atoms with van der Waals surface area (Å²) < 4.78 is 21.9. The van der Waals surface area contributed by atoms with E-state index >= 15 is 0 Å². The highest BCUT2D eigenvalue weighted by atomic mass is 35.5. The number of benzene rings is 3. The lowest BCUT2D eigenvalue weighted by molar-refractivity contribution is -0.145. The summed E-state index contributed by atoms with van der Waals surface area (Å²) in [4.78, 5) is 37.8. The number of nitrogens with zero attached hydrogens (tertiary/aromatic N) is 3. The fraction of sp³-hybridized carbons (Fsp3) is 0.394. The lowest BCUT2D eigenvalue weighted by Gasteiger charge is -2.33. The van der Waals surface area contributed by atoms with Crippen molar-refractivity contribution in [1.82, 2.24) is 0 Å². The Hall–Kier alpha value is -4.11. The zero-order valence-corrected chi connectivity index (χ0v) is 26.0. The quantitative estimate of drug-likeness (QED) is 0.240. The number of esters is 1. The maximum atomic E-state index is 14.0. The van der Waals surface area contributed by atoms with Gasteiger partial charge >= 0.3 is 5.97 Å². The number of hydrogen-bond acceptors (Lipinski definition) is 8. The number of ether oxygens (including phenoxy) is 4. The molecule has 1 amide bonds. The normalized spacial score (nSPS) is 13.0. The molecule has 0 atom stereocenters. The van der Waals surface area contributed by atoms with E-state index in [9.17, 15) is 9.59 Å². The van der Waals surface area contributed by atoms with Crippen molar-refractivity contribution in [2.75, 3.05) is 38.9 Å². The number of amides is 1. The van der Waals surface area contributed by atoms with Crippen LogP contribution in [0.2, 0.25) is 5.02 Å². The summed E-state index contributed by atoms with van der Waals surface area (Å²) in [6, 6.07) is 18.5. The van der Waals surface area contributed by atoms with E-state index in [0.717, 1.165) is 16.3 Å². The predicted molar refractivity (Wildman–Crippen MR) is 165 cm³/mol. The second kappa shape index (κ2) is 14.4. The number of para-hydroxylation sites is 3. The zero-order valence-electron chi connectivity index (χ0n) is 25.3. The molecule has 0 fully saturated rings. The van der Waals surface area contributed by atoms with Gasteiger partial charge in [0.05, 0.1) is 43.8 Å². The lowest BCUT2D eigenvalue weighted by Crippen LogP contribution is -2.45. The molecule has 9 nitrogen and oxygen atoms in total. The van der Waals surface area contributed by atoms with Gasteiger partial charge < -0.3 is 23.8 Å². The van der Waals surface area contributed by atoms with E-state index in [4.69, 9.17) is 40.5 Å². The van der Waals surface area contributed by atoms with Gasteiger partial charge in [-0.25, -0.2) is 4.79 Å². The minimum atomic E-state index is -1.11. The Balaban J connectivity index is 1.80. The van der Waals surface area contributed by atoms with Crippen LogP contribution in [-0.2, 0) is 20.7 Å². The first kappa shape index (κ1) is 31.8. The Kier molecular flexibility index (Phi) is 10.6. The summed E-state index contributed by atoms with van der Waals surface area (Å²) in [5, 5.41) is 1.70. The molecule has 4 rings (SSSR count). The van der Waals surface area contributed by atoms with Crippen LogP contribution in [0.3, 0.4) is 0 Å². The molecule has 0 N–H and O–H groups in total. The largest absolute Gasteiger partial charge is 0.493 e. The molecule has 228 valence electrons. The number of anilines is 1. The van der Waals surface area contributed by atoms with Crippen molar-refractivity contribution in [1.29, 1.82) is 0 Å². The molecule has 0 radical (unpaired) electrons. The van der Waals surface area contributed by atoms with E-state index in [1.165, 1.54) is 14.2 Å². The number of methoxy groups -OCH3 is 2. The molecule has 0 aromatic heterocycles. The highest BCUT2D eigenvalue weighted by Crippen LogP contribution is 2.43. The first-order valence-corrected chi connectivity index (χ1v) is 14.7.